The Morgan fingerprint density at radius 2 is 1.87 bits per heavy atom. The SMILES string of the molecule is COc1cccc(-n2ccnc2N2CCN(CC(=O)N3CCc4ccccc43)CC2)c1. The normalized spacial score (nSPS) is 16.4. The quantitative estimate of drug-likeness (QED) is 0.639. The van der Waals surface area contributed by atoms with E-state index in [4.69, 9.17) is 4.74 Å². The summed E-state index contributed by atoms with van der Waals surface area (Å²) in [6.07, 6.45) is 4.75. The lowest BCUT2D eigenvalue weighted by Gasteiger charge is -2.35. The van der Waals surface area contributed by atoms with Gasteiger partial charge in [-0.3, -0.25) is 14.3 Å². The molecule has 5 rings (SSSR count). The van der Waals surface area contributed by atoms with E-state index in [0.717, 1.165) is 62.2 Å². The Bertz CT molecular complexity index is 1070. The molecular weight excluding hydrogens is 390 g/mol. The van der Waals surface area contributed by atoms with Gasteiger partial charge < -0.3 is 14.5 Å². The molecule has 2 aliphatic heterocycles. The zero-order valence-electron chi connectivity index (χ0n) is 17.8. The van der Waals surface area contributed by atoms with Gasteiger partial charge in [0.05, 0.1) is 19.3 Å². The van der Waals surface area contributed by atoms with Crippen LogP contribution < -0.4 is 14.5 Å². The molecule has 0 spiro atoms. The third kappa shape index (κ3) is 3.88. The van der Waals surface area contributed by atoms with Crippen LogP contribution in [0, 0.1) is 0 Å². The van der Waals surface area contributed by atoms with Crippen molar-refractivity contribution in [3.8, 4) is 11.4 Å². The number of aromatic nitrogens is 2. The minimum Gasteiger partial charge on any atom is -0.497 e. The molecule has 1 fully saturated rings. The maximum absolute atomic E-state index is 12.9. The Kier molecular flexibility index (Phi) is 5.34. The largest absolute Gasteiger partial charge is 0.497 e. The predicted octanol–water partition coefficient (Wildman–Crippen LogP) is 2.59. The molecule has 7 heteroatoms. The molecule has 1 saturated heterocycles. The molecule has 31 heavy (non-hydrogen) atoms. The van der Waals surface area contributed by atoms with Crippen LogP contribution in [0.4, 0.5) is 11.6 Å². The van der Waals surface area contributed by atoms with Crippen LogP contribution in [-0.4, -0.2) is 66.7 Å². The van der Waals surface area contributed by atoms with E-state index in [-0.39, 0.29) is 5.91 Å². The third-order valence-corrected chi connectivity index (χ3v) is 6.15. The van der Waals surface area contributed by atoms with E-state index in [2.05, 4.69) is 37.5 Å². The zero-order valence-corrected chi connectivity index (χ0v) is 17.8. The van der Waals surface area contributed by atoms with Gasteiger partial charge in [-0.05, 0) is 30.2 Å². The maximum Gasteiger partial charge on any atom is 0.241 e. The second kappa shape index (κ2) is 8.43. The summed E-state index contributed by atoms with van der Waals surface area (Å²) in [6, 6.07) is 16.2. The molecule has 0 unspecified atom stereocenters. The van der Waals surface area contributed by atoms with Gasteiger partial charge in [0.15, 0.2) is 0 Å². The fourth-order valence-electron chi connectivity index (χ4n) is 4.47. The van der Waals surface area contributed by atoms with Crippen molar-refractivity contribution < 1.29 is 9.53 Å². The van der Waals surface area contributed by atoms with E-state index in [1.807, 2.05) is 47.6 Å². The number of fused-ring (bicyclic) bond motifs is 1. The van der Waals surface area contributed by atoms with E-state index in [1.54, 1.807) is 7.11 Å². The van der Waals surface area contributed by atoms with Gasteiger partial charge in [-0.15, -0.1) is 0 Å². The van der Waals surface area contributed by atoms with Crippen molar-refractivity contribution in [2.45, 2.75) is 6.42 Å². The number of rotatable bonds is 5. The molecule has 2 aliphatic rings. The number of carbonyl (C=O) groups is 1. The molecule has 3 aromatic rings. The van der Waals surface area contributed by atoms with Crippen LogP contribution >= 0.6 is 0 Å². The Morgan fingerprint density at radius 1 is 1.03 bits per heavy atom. The van der Waals surface area contributed by atoms with Crippen molar-refractivity contribution in [3.05, 3.63) is 66.5 Å². The van der Waals surface area contributed by atoms with Crippen LogP contribution in [-0.2, 0) is 11.2 Å². The monoisotopic (exact) mass is 417 g/mol. The Balaban J connectivity index is 1.22. The molecule has 0 aliphatic carbocycles. The minimum absolute atomic E-state index is 0.191. The summed E-state index contributed by atoms with van der Waals surface area (Å²) in [4.78, 5) is 24.0. The second-order valence-electron chi connectivity index (χ2n) is 7.99. The lowest BCUT2D eigenvalue weighted by atomic mass is 10.2. The number of methoxy groups -OCH3 is 1. The van der Waals surface area contributed by atoms with Gasteiger partial charge in [0.1, 0.15) is 5.75 Å². The zero-order chi connectivity index (χ0) is 21.2. The highest BCUT2D eigenvalue weighted by Gasteiger charge is 2.27. The van der Waals surface area contributed by atoms with E-state index in [0.29, 0.717) is 6.54 Å². The molecule has 7 nitrogen and oxygen atoms in total. The highest BCUT2D eigenvalue weighted by molar-refractivity contribution is 5.96. The van der Waals surface area contributed by atoms with Gasteiger partial charge in [0.2, 0.25) is 11.9 Å². The fourth-order valence-corrected chi connectivity index (χ4v) is 4.47. The molecule has 0 atom stereocenters. The summed E-state index contributed by atoms with van der Waals surface area (Å²) in [6.45, 7) is 4.61. The van der Waals surface area contributed by atoms with Crippen molar-refractivity contribution >= 4 is 17.5 Å². The van der Waals surface area contributed by atoms with Crippen molar-refractivity contribution in [3.63, 3.8) is 0 Å². The van der Waals surface area contributed by atoms with Gasteiger partial charge in [-0.2, -0.15) is 0 Å². The van der Waals surface area contributed by atoms with Crippen molar-refractivity contribution in [2.24, 2.45) is 0 Å². The molecule has 0 bridgehead atoms. The number of carbonyl (C=O) groups excluding carboxylic acids is 1. The summed E-state index contributed by atoms with van der Waals surface area (Å²) < 4.78 is 7.45. The molecule has 1 amide bonds. The molecule has 160 valence electrons. The average Bonchev–Trinajstić information content (AvgIpc) is 3.47. The van der Waals surface area contributed by atoms with Crippen molar-refractivity contribution in [2.75, 3.05) is 56.2 Å². The van der Waals surface area contributed by atoms with E-state index < -0.39 is 0 Å². The second-order valence-corrected chi connectivity index (χ2v) is 7.99. The Labute approximate surface area is 182 Å². The van der Waals surface area contributed by atoms with Crippen molar-refractivity contribution in [1.29, 1.82) is 0 Å². The molecule has 0 N–H and O–H groups in total. The smallest absolute Gasteiger partial charge is 0.241 e. The van der Waals surface area contributed by atoms with Crippen molar-refractivity contribution in [1.82, 2.24) is 14.5 Å². The topological polar surface area (TPSA) is 53.8 Å². The lowest BCUT2D eigenvalue weighted by Crippen LogP contribution is -2.50. The molecule has 2 aromatic carbocycles. The van der Waals surface area contributed by atoms with Gasteiger partial charge in [0, 0.05) is 56.9 Å². The van der Waals surface area contributed by atoms with Crippen LogP contribution in [0.15, 0.2) is 60.9 Å². The molecule has 1 aromatic heterocycles. The summed E-state index contributed by atoms with van der Waals surface area (Å²) in [7, 11) is 1.68. The van der Waals surface area contributed by atoms with Gasteiger partial charge in [0.25, 0.3) is 0 Å². The number of amides is 1. The number of anilines is 2. The highest BCUT2D eigenvalue weighted by Crippen LogP contribution is 2.28. The lowest BCUT2D eigenvalue weighted by molar-refractivity contribution is -0.119. The van der Waals surface area contributed by atoms with Gasteiger partial charge in [-0.25, -0.2) is 4.98 Å². The first-order chi connectivity index (χ1) is 15.2. The highest BCUT2D eigenvalue weighted by atomic mass is 16.5. The summed E-state index contributed by atoms with van der Waals surface area (Å²) >= 11 is 0. The minimum atomic E-state index is 0.191. The van der Waals surface area contributed by atoms with Gasteiger partial charge >= 0.3 is 0 Å². The first-order valence-corrected chi connectivity index (χ1v) is 10.8. The average molecular weight is 418 g/mol. The summed E-state index contributed by atoms with van der Waals surface area (Å²) in [5, 5.41) is 0. The fraction of sp³-hybridized carbons (Fsp3) is 0.333. The van der Waals surface area contributed by atoms with E-state index >= 15 is 0 Å². The molecule has 0 saturated carbocycles. The standard InChI is InChI=1S/C24H27N5O2/c1-31-21-7-4-6-20(17-21)28-12-10-25-24(28)27-15-13-26(14-16-27)18-23(30)29-11-9-19-5-2-3-8-22(19)29/h2-8,10,12,17H,9,11,13-16,18H2,1H3. The first kappa shape index (κ1) is 19.6. The van der Waals surface area contributed by atoms with E-state index in [9.17, 15) is 4.79 Å². The molecule has 0 radical (unpaired) electrons. The van der Waals surface area contributed by atoms with Crippen LogP contribution in [0.5, 0.6) is 5.75 Å². The summed E-state index contributed by atoms with van der Waals surface area (Å²) in [5.41, 5.74) is 3.37. The predicted molar refractivity (Wildman–Crippen MR) is 121 cm³/mol. The number of para-hydroxylation sites is 1. The summed E-state index contributed by atoms with van der Waals surface area (Å²) in [5.74, 6) is 1.94. The van der Waals surface area contributed by atoms with Crippen LogP contribution in [0.25, 0.3) is 5.69 Å². The Morgan fingerprint density at radius 3 is 2.71 bits per heavy atom. The number of hydrogen-bond acceptors (Lipinski definition) is 5. The van der Waals surface area contributed by atoms with Crippen LogP contribution in [0.1, 0.15) is 5.56 Å². The molecule has 3 heterocycles. The Hall–Kier alpha value is -3.32. The molecular formula is C24H27N5O2. The number of imidazole rings is 1. The van der Waals surface area contributed by atoms with Crippen LogP contribution in [0.2, 0.25) is 0 Å². The maximum atomic E-state index is 12.9. The third-order valence-electron chi connectivity index (χ3n) is 6.15. The first-order valence-electron chi connectivity index (χ1n) is 10.8. The van der Waals surface area contributed by atoms with E-state index in [1.165, 1.54) is 5.56 Å². The number of hydrogen-bond donors (Lipinski definition) is 0. The number of ether oxygens (including phenoxy) is 1. The van der Waals surface area contributed by atoms with Gasteiger partial charge in [-0.1, -0.05) is 24.3 Å². The number of nitrogens with zero attached hydrogens (tertiary/aromatic N) is 5. The van der Waals surface area contributed by atoms with Crippen LogP contribution in [0.3, 0.4) is 0 Å². The number of piperazine rings is 1. The number of benzene rings is 2.